The van der Waals surface area contributed by atoms with Gasteiger partial charge in [-0.25, -0.2) is 0 Å². The second-order valence-electron chi connectivity index (χ2n) is 3.98. The number of ether oxygens (including phenoxy) is 1. The maximum Gasteiger partial charge on any atom is 0.310 e. The third kappa shape index (κ3) is 2.45. The van der Waals surface area contributed by atoms with Gasteiger partial charge in [0.15, 0.2) is 0 Å². The summed E-state index contributed by atoms with van der Waals surface area (Å²) in [6, 6.07) is 0.115. The lowest BCUT2D eigenvalue weighted by Crippen LogP contribution is -2.39. The first kappa shape index (κ1) is 11.5. The van der Waals surface area contributed by atoms with Crippen molar-refractivity contribution < 1.29 is 14.6 Å². The fourth-order valence-corrected chi connectivity index (χ4v) is 1.82. The Morgan fingerprint density at radius 2 is 2.21 bits per heavy atom. The van der Waals surface area contributed by atoms with E-state index in [0.29, 0.717) is 6.54 Å². The molecule has 0 radical (unpaired) electrons. The molecule has 1 aliphatic rings. The van der Waals surface area contributed by atoms with Gasteiger partial charge in [0.25, 0.3) is 0 Å². The Labute approximate surface area is 84.8 Å². The Balaban J connectivity index is 2.45. The van der Waals surface area contributed by atoms with Gasteiger partial charge in [0.05, 0.1) is 19.1 Å². The van der Waals surface area contributed by atoms with E-state index in [1.165, 1.54) is 7.11 Å². The average Bonchev–Trinajstić information content (AvgIpc) is 2.64. The number of methoxy groups -OCH3 is 1. The van der Waals surface area contributed by atoms with E-state index in [9.17, 15) is 9.90 Å². The number of hydrogen-bond donors (Lipinski definition) is 1. The van der Waals surface area contributed by atoms with Gasteiger partial charge in [-0.2, -0.15) is 0 Å². The second kappa shape index (κ2) is 4.75. The fraction of sp³-hybridized carbons (Fsp3) is 0.900. The summed E-state index contributed by atoms with van der Waals surface area (Å²) in [5.74, 6) is -0.147. The smallest absolute Gasteiger partial charge is 0.310 e. The number of aliphatic hydroxyl groups excluding tert-OH is 1. The molecule has 3 atom stereocenters. The SMILES string of the molecule is COC(=O)C1CCN(C(C)C(C)O)C1. The molecule has 4 heteroatoms. The van der Waals surface area contributed by atoms with Crippen LogP contribution in [0, 0.1) is 5.92 Å². The molecule has 0 bridgehead atoms. The summed E-state index contributed by atoms with van der Waals surface area (Å²) in [4.78, 5) is 13.4. The minimum absolute atomic E-state index is 0.0128. The standard InChI is InChI=1S/C10H19NO3/c1-7(8(2)12)11-5-4-9(6-11)10(13)14-3/h7-9,12H,4-6H2,1-3H3. The molecule has 3 unspecified atom stereocenters. The molecule has 4 nitrogen and oxygen atoms in total. The first-order chi connectivity index (χ1) is 6.56. The molecule has 1 rings (SSSR count). The Hall–Kier alpha value is -0.610. The molecule has 0 aromatic heterocycles. The Morgan fingerprint density at radius 3 is 2.71 bits per heavy atom. The third-order valence-electron chi connectivity index (χ3n) is 3.03. The van der Waals surface area contributed by atoms with Crippen molar-refractivity contribution in [2.75, 3.05) is 20.2 Å². The van der Waals surface area contributed by atoms with E-state index in [0.717, 1.165) is 13.0 Å². The topological polar surface area (TPSA) is 49.8 Å². The second-order valence-corrected chi connectivity index (χ2v) is 3.98. The number of hydrogen-bond acceptors (Lipinski definition) is 4. The van der Waals surface area contributed by atoms with Crippen LogP contribution in [0.5, 0.6) is 0 Å². The highest BCUT2D eigenvalue weighted by molar-refractivity contribution is 5.72. The van der Waals surface area contributed by atoms with Crippen molar-refractivity contribution in [3.8, 4) is 0 Å². The van der Waals surface area contributed by atoms with Crippen molar-refractivity contribution >= 4 is 5.97 Å². The highest BCUT2D eigenvalue weighted by Crippen LogP contribution is 2.20. The highest BCUT2D eigenvalue weighted by atomic mass is 16.5. The van der Waals surface area contributed by atoms with E-state index in [-0.39, 0.29) is 24.0 Å². The van der Waals surface area contributed by atoms with E-state index >= 15 is 0 Å². The van der Waals surface area contributed by atoms with Crippen molar-refractivity contribution in [1.29, 1.82) is 0 Å². The van der Waals surface area contributed by atoms with Crippen LogP contribution in [0.1, 0.15) is 20.3 Å². The monoisotopic (exact) mass is 201 g/mol. The summed E-state index contributed by atoms with van der Waals surface area (Å²) in [6.07, 6.45) is 0.482. The molecule has 1 saturated heterocycles. The third-order valence-corrected chi connectivity index (χ3v) is 3.03. The van der Waals surface area contributed by atoms with Crippen LogP contribution in [-0.4, -0.2) is 48.3 Å². The van der Waals surface area contributed by atoms with Crippen molar-refractivity contribution in [2.24, 2.45) is 5.92 Å². The zero-order valence-electron chi connectivity index (χ0n) is 9.06. The summed E-state index contributed by atoms with van der Waals surface area (Å²) in [7, 11) is 1.42. The van der Waals surface area contributed by atoms with E-state index in [1.807, 2.05) is 6.92 Å². The molecule has 0 aliphatic carbocycles. The molecule has 0 spiro atoms. The molecule has 1 heterocycles. The summed E-state index contributed by atoms with van der Waals surface area (Å²) in [5, 5.41) is 9.41. The number of nitrogens with zero attached hydrogens (tertiary/aromatic N) is 1. The largest absolute Gasteiger partial charge is 0.469 e. The zero-order valence-corrected chi connectivity index (χ0v) is 9.06. The van der Waals surface area contributed by atoms with E-state index < -0.39 is 0 Å². The normalized spacial score (nSPS) is 27.3. The lowest BCUT2D eigenvalue weighted by molar-refractivity contribution is -0.145. The van der Waals surface area contributed by atoms with Crippen molar-refractivity contribution in [1.82, 2.24) is 4.90 Å². The molecule has 14 heavy (non-hydrogen) atoms. The lowest BCUT2D eigenvalue weighted by Gasteiger charge is -2.26. The zero-order chi connectivity index (χ0) is 10.7. The van der Waals surface area contributed by atoms with Crippen LogP contribution < -0.4 is 0 Å². The first-order valence-electron chi connectivity index (χ1n) is 5.06. The summed E-state index contributed by atoms with van der Waals surface area (Å²) >= 11 is 0. The summed E-state index contributed by atoms with van der Waals surface area (Å²) in [6.45, 7) is 5.32. The molecule has 1 aliphatic heterocycles. The van der Waals surface area contributed by atoms with Crippen LogP contribution in [0.15, 0.2) is 0 Å². The molecular weight excluding hydrogens is 182 g/mol. The maximum atomic E-state index is 11.2. The predicted octanol–water partition coefficient (Wildman–Crippen LogP) is 0.251. The number of rotatable bonds is 3. The first-order valence-corrected chi connectivity index (χ1v) is 5.06. The molecule has 0 aromatic carbocycles. The Kier molecular flexibility index (Phi) is 3.89. The average molecular weight is 201 g/mol. The number of likely N-dealkylation sites (tertiary alicyclic amines) is 1. The quantitative estimate of drug-likeness (QED) is 0.665. The van der Waals surface area contributed by atoms with Crippen LogP contribution in [0.2, 0.25) is 0 Å². The van der Waals surface area contributed by atoms with Gasteiger partial charge < -0.3 is 9.84 Å². The van der Waals surface area contributed by atoms with Gasteiger partial charge in [-0.1, -0.05) is 0 Å². The van der Waals surface area contributed by atoms with E-state index in [2.05, 4.69) is 4.90 Å². The van der Waals surface area contributed by atoms with Crippen molar-refractivity contribution in [2.45, 2.75) is 32.4 Å². The molecule has 1 fully saturated rings. The number of carbonyl (C=O) groups is 1. The highest BCUT2D eigenvalue weighted by Gasteiger charge is 2.32. The Bertz CT molecular complexity index is 206. The summed E-state index contributed by atoms with van der Waals surface area (Å²) in [5.41, 5.74) is 0. The van der Waals surface area contributed by atoms with Crippen molar-refractivity contribution in [3.05, 3.63) is 0 Å². The molecule has 0 aromatic rings. The van der Waals surface area contributed by atoms with Gasteiger partial charge in [0.2, 0.25) is 0 Å². The van der Waals surface area contributed by atoms with Gasteiger partial charge in [0, 0.05) is 12.6 Å². The van der Waals surface area contributed by atoms with Crippen LogP contribution in [0.3, 0.4) is 0 Å². The fourth-order valence-electron chi connectivity index (χ4n) is 1.82. The predicted molar refractivity (Wildman–Crippen MR) is 52.8 cm³/mol. The van der Waals surface area contributed by atoms with Gasteiger partial charge in [-0.3, -0.25) is 9.69 Å². The minimum atomic E-state index is -0.355. The maximum absolute atomic E-state index is 11.2. The van der Waals surface area contributed by atoms with E-state index in [4.69, 9.17) is 4.74 Å². The minimum Gasteiger partial charge on any atom is -0.469 e. The van der Waals surface area contributed by atoms with Gasteiger partial charge >= 0.3 is 5.97 Å². The van der Waals surface area contributed by atoms with Crippen LogP contribution in [-0.2, 0) is 9.53 Å². The lowest BCUT2D eigenvalue weighted by atomic mass is 10.1. The summed E-state index contributed by atoms with van der Waals surface area (Å²) < 4.78 is 4.69. The number of aliphatic hydroxyl groups is 1. The molecule has 1 N–H and O–H groups in total. The number of esters is 1. The molecule has 0 amide bonds. The van der Waals surface area contributed by atoms with Crippen molar-refractivity contribution in [3.63, 3.8) is 0 Å². The van der Waals surface area contributed by atoms with Crippen LogP contribution in [0.25, 0.3) is 0 Å². The number of carbonyl (C=O) groups excluding carboxylic acids is 1. The molecular formula is C10H19NO3. The van der Waals surface area contributed by atoms with Crippen LogP contribution >= 0.6 is 0 Å². The van der Waals surface area contributed by atoms with Gasteiger partial charge in [0.1, 0.15) is 0 Å². The molecule has 82 valence electrons. The van der Waals surface area contributed by atoms with Gasteiger partial charge in [-0.15, -0.1) is 0 Å². The molecule has 0 saturated carbocycles. The van der Waals surface area contributed by atoms with Crippen LogP contribution in [0.4, 0.5) is 0 Å². The van der Waals surface area contributed by atoms with Gasteiger partial charge in [-0.05, 0) is 26.8 Å². The van der Waals surface area contributed by atoms with E-state index in [1.54, 1.807) is 6.92 Å². The Morgan fingerprint density at radius 1 is 1.57 bits per heavy atom.